The minimum absolute atomic E-state index is 0.0961. The largest absolute Gasteiger partial charge is 0.373 e. The van der Waals surface area contributed by atoms with Gasteiger partial charge in [-0.3, -0.25) is 4.79 Å². The molecule has 110 valence electrons. The van der Waals surface area contributed by atoms with Gasteiger partial charge in [-0.25, -0.2) is 0 Å². The molecule has 0 aromatic heterocycles. The molecule has 1 aliphatic rings. The van der Waals surface area contributed by atoms with E-state index in [0.717, 1.165) is 25.1 Å². The van der Waals surface area contributed by atoms with Gasteiger partial charge in [0, 0.05) is 31.2 Å². The first-order chi connectivity index (χ1) is 9.61. The molecular weight excluding hydrogens is 250 g/mol. The lowest BCUT2D eigenvalue weighted by Gasteiger charge is -2.23. The summed E-state index contributed by atoms with van der Waals surface area (Å²) in [7, 11) is 2.10. The summed E-state index contributed by atoms with van der Waals surface area (Å²) in [5, 5.41) is 6.31. The molecule has 2 atom stereocenters. The Morgan fingerprint density at radius 3 is 2.95 bits per heavy atom. The van der Waals surface area contributed by atoms with E-state index in [-0.39, 0.29) is 11.9 Å². The normalized spacial score (nSPS) is 18.5. The first kappa shape index (κ1) is 14.9. The van der Waals surface area contributed by atoms with Crippen molar-refractivity contribution in [3.8, 4) is 0 Å². The number of para-hydroxylation sites is 1. The summed E-state index contributed by atoms with van der Waals surface area (Å²) < 4.78 is 0. The molecular formula is C16H25N3O. The summed E-state index contributed by atoms with van der Waals surface area (Å²) in [6.07, 6.45) is 1.91. The van der Waals surface area contributed by atoms with E-state index >= 15 is 0 Å². The molecule has 4 nitrogen and oxygen atoms in total. The van der Waals surface area contributed by atoms with Crippen LogP contribution in [-0.2, 0) is 11.2 Å². The van der Waals surface area contributed by atoms with Gasteiger partial charge in [-0.2, -0.15) is 0 Å². The van der Waals surface area contributed by atoms with E-state index in [1.165, 1.54) is 5.56 Å². The van der Waals surface area contributed by atoms with Gasteiger partial charge in [0.25, 0.3) is 0 Å². The Morgan fingerprint density at radius 2 is 2.25 bits per heavy atom. The Hall–Kier alpha value is -1.55. The number of hydrogen-bond acceptors (Lipinski definition) is 3. The number of rotatable bonds is 6. The minimum Gasteiger partial charge on any atom is -0.373 e. The molecule has 1 aromatic carbocycles. The minimum atomic E-state index is -0.124. The van der Waals surface area contributed by atoms with Crippen LogP contribution in [0.3, 0.4) is 0 Å². The molecule has 0 saturated carbocycles. The lowest BCUT2D eigenvalue weighted by atomic mass is 10.1. The number of fused-ring (bicyclic) bond motifs is 1. The van der Waals surface area contributed by atoms with Crippen LogP contribution in [0.25, 0.3) is 0 Å². The maximum absolute atomic E-state index is 12.1. The number of nitrogens with zero attached hydrogens (tertiary/aromatic N) is 1. The van der Waals surface area contributed by atoms with Crippen LogP contribution in [0.4, 0.5) is 5.69 Å². The van der Waals surface area contributed by atoms with Crippen molar-refractivity contribution < 1.29 is 4.79 Å². The zero-order chi connectivity index (χ0) is 14.5. The van der Waals surface area contributed by atoms with Crippen molar-refractivity contribution in [1.82, 2.24) is 10.2 Å². The summed E-state index contributed by atoms with van der Waals surface area (Å²) in [4.78, 5) is 14.4. The molecule has 1 aromatic rings. The number of hydrogen-bond donors (Lipinski definition) is 2. The third kappa shape index (κ3) is 3.51. The Bertz CT molecular complexity index is 436. The number of amides is 1. The van der Waals surface area contributed by atoms with Crippen LogP contribution in [0, 0.1) is 0 Å². The smallest absolute Gasteiger partial charge is 0.242 e. The fraction of sp³-hybridized carbons (Fsp3) is 0.562. The van der Waals surface area contributed by atoms with Gasteiger partial charge in [0.15, 0.2) is 0 Å². The molecule has 1 heterocycles. The molecule has 0 saturated heterocycles. The lowest BCUT2D eigenvalue weighted by molar-refractivity contribution is -0.121. The Morgan fingerprint density at radius 1 is 1.50 bits per heavy atom. The van der Waals surface area contributed by atoms with Gasteiger partial charge in [0.1, 0.15) is 6.04 Å². The third-order valence-electron chi connectivity index (χ3n) is 4.19. The summed E-state index contributed by atoms with van der Waals surface area (Å²) >= 11 is 0. The lowest BCUT2D eigenvalue weighted by Crippen LogP contribution is -2.42. The highest BCUT2D eigenvalue weighted by Gasteiger charge is 2.25. The number of benzene rings is 1. The summed E-state index contributed by atoms with van der Waals surface area (Å²) in [5.74, 6) is 0.0961. The van der Waals surface area contributed by atoms with E-state index < -0.39 is 0 Å². The molecule has 1 amide bonds. The maximum Gasteiger partial charge on any atom is 0.242 e. The van der Waals surface area contributed by atoms with Gasteiger partial charge in [0.05, 0.1) is 0 Å². The fourth-order valence-corrected chi connectivity index (χ4v) is 2.47. The van der Waals surface area contributed by atoms with Gasteiger partial charge < -0.3 is 15.5 Å². The van der Waals surface area contributed by atoms with Crippen molar-refractivity contribution in [3.05, 3.63) is 29.8 Å². The highest BCUT2D eigenvalue weighted by atomic mass is 16.2. The van der Waals surface area contributed by atoms with Crippen molar-refractivity contribution in [2.45, 2.75) is 38.8 Å². The second-order valence-corrected chi connectivity index (χ2v) is 5.59. The van der Waals surface area contributed by atoms with Crippen LogP contribution in [0.5, 0.6) is 0 Å². The highest BCUT2D eigenvalue weighted by molar-refractivity contribution is 5.87. The average molecular weight is 275 g/mol. The third-order valence-corrected chi connectivity index (χ3v) is 4.19. The molecule has 1 aliphatic heterocycles. The average Bonchev–Trinajstić information content (AvgIpc) is 2.90. The predicted octanol–water partition coefficient (Wildman–Crippen LogP) is 1.87. The van der Waals surface area contributed by atoms with Crippen LogP contribution in [0.2, 0.25) is 0 Å². The number of nitrogens with one attached hydrogen (secondary N) is 2. The van der Waals surface area contributed by atoms with Crippen molar-refractivity contribution in [3.63, 3.8) is 0 Å². The van der Waals surface area contributed by atoms with Crippen molar-refractivity contribution in [2.75, 3.05) is 25.5 Å². The molecule has 20 heavy (non-hydrogen) atoms. The number of carbonyl (C=O) groups excluding carboxylic acids is 1. The Kier molecular flexibility index (Phi) is 5.01. The van der Waals surface area contributed by atoms with E-state index in [4.69, 9.17) is 0 Å². The van der Waals surface area contributed by atoms with Crippen molar-refractivity contribution in [1.29, 1.82) is 0 Å². The van der Waals surface area contributed by atoms with Crippen LogP contribution in [0.1, 0.15) is 25.8 Å². The van der Waals surface area contributed by atoms with Gasteiger partial charge >= 0.3 is 0 Å². The molecule has 4 heteroatoms. The summed E-state index contributed by atoms with van der Waals surface area (Å²) in [6.45, 7) is 5.98. The van der Waals surface area contributed by atoms with Crippen LogP contribution in [0.15, 0.2) is 24.3 Å². The van der Waals surface area contributed by atoms with Gasteiger partial charge in [0.2, 0.25) is 5.91 Å². The van der Waals surface area contributed by atoms with E-state index in [1.807, 2.05) is 18.2 Å². The van der Waals surface area contributed by atoms with Crippen LogP contribution >= 0.6 is 0 Å². The molecule has 0 radical (unpaired) electrons. The molecule has 2 rings (SSSR count). The fourth-order valence-electron chi connectivity index (χ4n) is 2.47. The molecule has 0 fully saturated rings. The van der Waals surface area contributed by atoms with Gasteiger partial charge in [-0.1, -0.05) is 25.1 Å². The highest BCUT2D eigenvalue weighted by Crippen LogP contribution is 2.24. The number of anilines is 1. The van der Waals surface area contributed by atoms with E-state index in [1.54, 1.807) is 0 Å². The summed E-state index contributed by atoms with van der Waals surface area (Å²) in [5.41, 5.74) is 2.31. The van der Waals surface area contributed by atoms with E-state index in [0.29, 0.717) is 12.6 Å². The first-order valence-electron chi connectivity index (χ1n) is 7.44. The second kappa shape index (κ2) is 6.75. The predicted molar refractivity (Wildman–Crippen MR) is 82.9 cm³/mol. The Labute approximate surface area is 121 Å². The molecule has 0 aliphatic carbocycles. The van der Waals surface area contributed by atoms with Crippen molar-refractivity contribution >= 4 is 11.6 Å². The zero-order valence-electron chi connectivity index (χ0n) is 12.6. The maximum atomic E-state index is 12.1. The van der Waals surface area contributed by atoms with Gasteiger partial charge in [-0.15, -0.1) is 0 Å². The standard InChI is InChI=1S/C16H25N3O/c1-4-12(2)19(3)10-9-17-16(20)15-11-13-7-5-6-8-14(13)18-15/h5-8,12,15,18H,4,9-11H2,1-3H3,(H,17,20)/t12?,15-/m0/s1. The quantitative estimate of drug-likeness (QED) is 0.833. The second-order valence-electron chi connectivity index (χ2n) is 5.59. The van der Waals surface area contributed by atoms with Gasteiger partial charge in [-0.05, 0) is 32.0 Å². The van der Waals surface area contributed by atoms with Crippen LogP contribution < -0.4 is 10.6 Å². The first-order valence-corrected chi connectivity index (χ1v) is 7.44. The Balaban J connectivity index is 1.75. The van der Waals surface area contributed by atoms with Crippen LogP contribution in [-0.4, -0.2) is 43.0 Å². The molecule has 0 bridgehead atoms. The monoisotopic (exact) mass is 275 g/mol. The SMILES string of the molecule is CCC(C)N(C)CCNC(=O)[C@@H]1Cc2ccccc2N1. The van der Waals surface area contributed by atoms with E-state index in [2.05, 4.69) is 42.5 Å². The molecule has 0 spiro atoms. The number of carbonyl (C=O) groups is 1. The number of likely N-dealkylation sites (N-methyl/N-ethyl adjacent to an activating group) is 1. The topological polar surface area (TPSA) is 44.4 Å². The zero-order valence-corrected chi connectivity index (χ0v) is 12.6. The molecule has 1 unspecified atom stereocenters. The molecule has 2 N–H and O–H groups in total. The van der Waals surface area contributed by atoms with Crippen molar-refractivity contribution in [2.24, 2.45) is 0 Å². The van der Waals surface area contributed by atoms with E-state index in [9.17, 15) is 4.79 Å². The summed E-state index contributed by atoms with van der Waals surface area (Å²) in [6, 6.07) is 8.54.